The molecule has 0 aromatic heterocycles. The van der Waals surface area contributed by atoms with Crippen LogP contribution >= 0.6 is 0 Å². The zero-order valence-corrected chi connectivity index (χ0v) is 13.2. The van der Waals surface area contributed by atoms with Crippen LogP contribution in [0.1, 0.15) is 28.7 Å². The Bertz CT molecular complexity index is 666. The summed E-state index contributed by atoms with van der Waals surface area (Å²) in [6.45, 7) is 0.863. The number of nitrogens with one attached hydrogen (secondary N) is 1. The van der Waals surface area contributed by atoms with E-state index in [0.29, 0.717) is 5.75 Å². The highest BCUT2D eigenvalue weighted by molar-refractivity contribution is 7.83. The van der Waals surface area contributed by atoms with Crippen molar-refractivity contribution in [3.8, 4) is 0 Å². The van der Waals surface area contributed by atoms with Crippen molar-refractivity contribution in [3.63, 3.8) is 0 Å². The Hall–Kier alpha value is -1.61. The summed E-state index contributed by atoms with van der Waals surface area (Å²) in [5.74, 6) is 0.621. The molecule has 2 nitrogen and oxygen atoms in total. The summed E-state index contributed by atoms with van der Waals surface area (Å²) in [7, 11) is -0.792. The highest BCUT2D eigenvalue weighted by Crippen LogP contribution is 2.26. The van der Waals surface area contributed by atoms with E-state index in [4.69, 9.17) is 0 Å². The lowest BCUT2D eigenvalue weighted by molar-refractivity contribution is 0.686. The second-order valence-electron chi connectivity index (χ2n) is 5.68. The lowest BCUT2D eigenvalue weighted by Crippen LogP contribution is -2.03. The molecule has 0 heterocycles. The van der Waals surface area contributed by atoms with Gasteiger partial charge < -0.3 is 5.32 Å². The van der Waals surface area contributed by atoms with Crippen LogP contribution in [0, 0.1) is 0 Å². The molecule has 1 aliphatic carbocycles. The molecule has 3 rings (SSSR count). The number of benzene rings is 2. The summed E-state index contributed by atoms with van der Waals surface area (Å²) >= 11 is 0. The van der Waals surface area contributed by atoms with Gasteiger partial charge in [-0.3, -0.25) is 4.21 Å². The Kier molecular flexibility index (Phi) is 4.39. The van der Waals surface area contributed by atoms with Gasteiger partial charge in [-0.15, -0.1) is 0 Å². The van der Waals surface area contributed by atoms with Crippen LogP contribution in [0.4, 0.5) is 5.69 Å². The minimum absolute atomic E-state index is 0.621. The highest BCUT2D eigenvalue weighted by atomic mass is 32.2. The van der Waals surface area contributed by atoms with E-state index in [1.165, 1.54) is 36.0 Å². The third-order valence-electron chi connectivity index (χ3n) is 4.02. The fourth-order valence-electron chi connectivity index (χ4n) is 3.07. The zero-order valence-electron chi connectivity index (χ0n) is 12.4. The number of hydrogen-bond donors (Lipinski definition) is 1. The van der Waals surface area contributed by atoms with Gasteiger partial charge >= 0.3 is 0 Å². The number of aryl methyl sites for hydroxylation is 1. The maximum atomic E-state index is 11.3. The molecule has 110 valence electrons. The molecule has 1 N–H and O–H groups in total. The molecule has 0 saturated carbocycles. The summed E-state index contributed by atoms with van der Waals surface area (Å²) in [5.41, 5.74) is 6.70. The van der Waals surface area contributed by atoms with Crippen molar-refractivity contribution in [3.05, 3.63) is 64.7 Å². The normalized spacial score (nSPS) is 14.7. The predicted octanol–water partition coefficient (Wildman–Crippen LogP) is 3.67. The Balaban J connectivity index is 1.71. The molecule has 0 fully saturated rings. The number of hydrogen-bond acceptors (Lipinski definition) is 2. The molecule has 0 spiro atoms. The fourth-order valence-corrected chi connectivity index (χ4v) is 3.72. The minimum Gasteiger partial charge on any atom is -0.381 e. The Morgan fingerprint density at radius 1 is 1.14 bits per heavy atom. The third kappa shape index (κ3) is 3.53. The lowest BCUT2D eigenvalue weighted by Gasteiger charge is -2.11. The first-order chi connectivity index (χ1) is 10.2. The Labute approximate surface area is 129 Å². The molecule has 21 heavy (non-hydrogen) atoms. The van der Waals surface area contributed by atoms with Crippen molar-refractivity contribution in [1.29, 1.82) is 0 Å². The van der Waals surface area contributed by atoms with E-state index in [1.807, 2.05) is 12.1 Å². The van der Waals surface area contributed by atoms with Crippen molar-refractivity contribution >= 4 is 16.5 Å². The second kappa shape index (κ2) is 6.44. The van der Waals surface area contributed by atoms with Crippen molar-refractivity contribution in [2.45, 2.75) is 31.6 Å². The van der Waals surface area contributed by atoms with Crippen molar-refractivity contribution < 1.29 is 4.21 Å². The van der Waals surface area contributed by atoms with E-state index in [2.05, 4.69) is 35.6 Å². The van der Waals surface area contributed by atoms with E-state index in [-0.39, 0.29) is 0 Å². The van der Waals surface area contributed by atoms with Gasteiger partial charge in [-0.2, -0.15) is 0 Å². The van der Waals surface area contributed by atoms with Crippen molar-refractivity contribution in [1.82, 2.24) is 0 Å². The van der Waals surface area contributed by atoms with Crippen molar-refractivity contribution in [2.24, 2.45) is 0 Å². The van der Waals surface area contributed by atoms with E-state index in [0.717, 1.165) is 17.8 Å². The second-order valence-corrected chi connectivity index (χ2v) is 7.11. The van der Waals surface area contributed by atoms with Crippen LogP contribution in [0.25, 0.3) is 0 Å². The average molecular weight is 299 g/mol. The molecular formula is C18H21NOS. The first kappa shape index (κ1) is 14.3. The predicted molar refractivity (Wildman–Crippen MR) is 90.0 cm³/mol. The van der Waals surface area contributed by atoms with E-state index in [9.17, 15) is 4.21 Å². The summed E-state index contributed by atoms with van der Waals surface area (Å²) in [5, 5.41) is 3.51. The average Bonchev–Trinajstić information content (AvgIpc) is 2.93. The van der Waals surface area contributed by atoms with Gasteiger partial charge in [0.25, 0.3) is 0 Å². The molecule has 0 saturated heterocycles. The number of rotatable bonds is 5. The largest absolute Gasteiger partial charge is 0.381 e. The smallest absolute Gasteiger partial charge is 0.0483 e. The minimum atomic E-state index is -0.792. The van der Waals surface area contributed by atoms with E-state index >= 15 is 0 Å². The van der Waals surface area contributed by atoms with Crippen molar-refractivity contribution in [2.75, 3.05) is 11.6 Å². The molecule has 0 aliphatic heterocycles. The van der Waals surface area contributed by atoms with Crippen LogP contribution in [0.3, 0.4) is 0 Å². The van der Waals surface area contributed by atoms with Gasteiger partial charge in [0.2, 0.25) is 0 Å². The van der Waals surface area contributed by atoms with Crippen LogP contribution in [-0.2, 0) is 35.9 Å². The van der Waals surface area contributed by atoms with Gasteiger partial charge in [-0.05, 0) is 53.6 Å². The summed E-state index contributed by atoms with van der Waals surface area (Å²) in [6.07, 6.45) is 5.46. The van der Waals surface area contributed by atoms with Gasteiger partial charge in [0.15, 0.2) is 0 Å². The van der Waals surface area contributed by atoms with Gasteiger partial charge in [-0.1, -0.05) is 30.3 Å². The van der Waals surface area contributed by atoms with Crippen LogP contribution in [0.5, 0.6) is 0 Å². The molecule has 1 aliphatic rings. The highest BCUT2D eigenvalue weighted by Gasteiger charge is 2.13. The summed E-state index contributed by atoms with van der Waals surface area (Å²) < 4.78 is 11.3. The van der Waals surface area contributed by atoms with Crippen LogP contribution in [0.2, 0.25) is 0 Å². The Morgan fingerprint density at radius 3 is 2.86 bits per heavy atom. The van der Waals surface area contributed by atoms with Crippen LogP contribution in [0.15, 0.2) is 42.5 Å². The SMILES string of the molecule is CS(=O)Cc1cccc(NCc2cccc3c2CCC3)c1. The standard InChI is InChI=1S/C18H21NOS/c1-21(20)13-14-5-2-9-17(11-14)19-12-16-8-3-6-15-7-4-10-18(15)16/h2-3,5-6,8-9,11,19H,4,7,10,12-13H2,1H3. The monoisotopic (exact) mass is 299 g/mol. The zero-order chi connectivity index (χ0) is 14.7. The number of fused-ring (bicyclic) bond motifs is 1. The summed E-state index contributed by atoms with van der Waals surface area (Å²) in [4.78, 5) is 0. The maximum absolute atomic E-state index is 11.3. The topological polar surface area (TPSA) is 29.1 Å². The van der Waals surface area contributed by atoms with Gasteiger partial charge in [0.1, 0.15) is 0 Å². The molecule has 3 heteroatoms. The molecule has 0 bridgehead atoms. The van der Waals surface area contributed by atoms with E-state index in [1.54, 1.807) is 6.26 Å². The molecule has 2 aromatic carbocycles. The van der Waals surface area contributed by atoms with E-state index < -0.39 is 10.8 Å². The lowest BCUT2D eigenvalue weighted by atomic mass is 10.0. The van der Waals surface area contributed by atoms with Gasteiger partial charge in [-0.25, -0.2) is 0 Å². The Morgan fingerprint density at radius 2 is 2.00 bits per heavy atom. The number of anilines is 1. The van der Waals surface area contributed by atoms with Gasteiger partial charge in [0.05, 0.1) is 0 Å². The maximum Gasteiger partial charge on any atom is 0.0483 e. The third-order valence-corrected chi connectivity index (χ3v) is 4.76. The van der Waals surface area contributed by atoms with Crippen LogP contribution in [-0.4, -0.2) is 10.5 Å². The quantitative estimate of drug-likeness (QED) is 0.913. The first-order valence-corrected chi connectivity index (χ1v) is 9.17. The summed E-state index contributed by atoms with van der Waals surface area (Å²) in [6, 6.07) is 14.9. The molecular weight excluding hydrogens is 278 g/mol. The molecule has 0 amide bonds. The van der Waals surface area contributed by atoms with Crippen LogP contribution < -0.4 is 5.32 Å². The molecule has 0 radical (unpaired) electrons. The first-order valence-electron chi connectivity index (χ1n) is 7.45. The fraction of sp³-hybridized carbons (Fsp3) is 0.333. The molecule has 1 unspecified atom stereocenters. The molecule has 2 aromatic rings. The van der Waals surface area contributed by atoms with Gasteiger partial charge in [0, 0.05) is 35.0 Å². The molecule has 1 atom stereocenters.